The Hall–Kier alpha value is -1.15. The summed E-state index contributed by atoms with van der Waals surface area (Å²) >= 11 is 5.94. The van der Waals surface area contributed by atoms with Gasteiger partial charge in [-0.1, -0.05) is 23.7 Å². The molecule has 0 aromatic heterocycles. The average Bonchev–Trinajstić information content (AvgIpc) is 2.61. The lowest BCUT2D eigenvalue weighted by molar-refractivity contribution is -0.138. The second kappa shape index (κ2) is 8.25. The maximum atomic E-state index is 12.7. The van der Waals surface area contributed by atoms with Gasteiger partial charge in [-0.15, -0.1) is 0 Å². The highest BCUT2D eigenvalue weighted by molar-refractivity contribution is 7.88. The standard InChI is InChI=1S/C18H26ClN3O3S/c1-20-9-11-21(12-10-20)18(23)16-5-7-22(8-6-16)26(24,25)14-15-3-2-4-17(19)13-15/h2-4,13,16H,5-12,14H2,1H3. The van der Waals surface area contributed by atoms with Crippen LogP contribution < -0.4 is 0 Å². The van der Waals surface area contributed by atoms with E-state index >= 15 is 0 Å². The molecule has 3 rings (SSSR count). The molecule has 26 heavy (non-hydrogen) atoms. The van der Waals surface area contributed by atoms with Gasteiger partial charge in [0.25, 0.3) is 0 Å². The second-order valence-corrected chi connectivity index (χ2v) is 9.59. The quantitative estimate of drug-likeness (QED) is 0.772. The van der Waals surface area contributed by atoms with Crippen molar-refractivity contribution >= 4 is 27.5 Å². The van der Waals surface area contributed by atoms with Gasteiger partial charge in [-0.2, -0.15) is 0 Å². The van der Waals surface area contributed by atoms with Crippen molar-refractivity contribution in [3.63, 3.8) is 0 Å². The molecule has 0 N–H and O–H groups in total. The molecule has 0 bridgehead atoms. The molecule has 2 saturated heterocycles. The number of piperidine rings is 1. The van der Waals surface area contributed by atoms with Crippen molar-refractivity contribution in [2.24, 2.45) is 5.92 Å². The number of carbonyl (C=O) groups is 1. The highest BCUT2D eigenvalue weighted by Gasteiger charge is 2.33. The second-order valence-electron chi connectivity index (χ2n) is 7.19. The lowest BCUT2D eigenvalue weighted by atomic mass is 9.96. The van der Waals surface area contributed by atoms with E-state index in [0.717, 1.165) is 26.2 Å². The molecule has 8 heteroatoms. The van der Waals surface area contributed by atoms with Crippen LogP contribution in [-0.4, -0.2) is 74.7 Å². The molecule has 1 aromatic rings. The molecule has 0 atom stereocenters. The predicted octanol–water partition coefficient (Wildman–Crippen LogP) is 1.66. The molecule has 0 spiro atoms. The number of piperazine rings is 1. The Labute approximate surface area is 160 Å². The molecule has 144 valence electrons. The summed E-state index contributed by atoms with van der Waals surface area (Å²) in [6.45, 7) is 4.16. The van der Waals surface area contributed by atoms with Gasteiger partial charge < -0.3 is 9.80 Å². The highest BCUT2D eigenvalue weighted by Crippen LogP contribution is 2.24. The normalized spacial score (nSPS) is 21.1. The fourth-order valence-electron chi connectivity index (χ4n) is 3.59. The molecule has 2 fully saturated rings. The zero-order valence-corrected chi connectivity index (χ0v) is 16.7. The van der Waals surface area contributed by atoms with Crippen LogP contribution in [0.2, 0.25) is 5.02 Å². The van der Waals surface area contributed by atoms with Crippen molar-refractivity contribution in [2.75, 3.05) is 46.3 Å². The van der Waals surface area contributed by atoms with Gasteiger partial charge >= 0.3 is 0 Å². The van der Waals surface area contributed by atoms with E-state index in [2.05, 4.69) is 11.9 Å². The molecular formula is C18H26ClN3O3S. The Morgan fingerprint density at radius 2 is 1.77 bits per heavy atom. The van der Waals surface area contributed by atoms with Crippen LogP contribution in [0.25, 0.3) is 0 Å². The van der Waals surface area contributed by atoms with Crippen LogP contribution in [0.15, 0.2) is 24.3 Å². The van der Waals surface area contributed by atoms with Gasteiger partial charge in [0, 0.05) is 50.2 Å². The summed E-state index contributed by atoms with van der Waals surface area (Å²) in [6.07, 6.45) is 1.19. The first-order valence-corrected chi connectivity index (χ1v) is 11.0. The van der Waals surface area contributed by atoms with Crippen LogP contribution in [0.4, 0.5) is 0 Å². The van der Waals surface area contributed by atoms with E-state index in [1.54, 1.807) is 24.3 Å². The topological polar surface area (TPSA) is 60.9 Å². The number of hydrogen-bond donors (Lipinski definition) is 0. The lowest BCUT2D eigenvalue weighted by Crippen LogP contribution is -2.51. The zero-order valence-electron chi connectivity index (χ0n) is 15.1. The van der Waals surface area contributed by atoms with E-state index in [9.17, 15) is 13.2 Å². The predicted molar refractivity (Wildman–Crippen MR) is 102 cm³/mol. The number of amides is 1. The number of benzene rings is 1. The lowest BCUT2D eigenvalue weighted by Gasteiger charge is -2.37. The Balaban J connectivity index is 1.55. The van der Waals surface area contributed by atoms with E-state index in [0.29, 0.717) is 36.5 Å². The van der Waals surface area contributed by atoms with Crippen molar-refractivity contribution in [1.29, 1.82) is 0 Å². The Morgan fingerprint density at radius 1 is 1.12 bits per heavy atom. The maximum Gasteiger partial charge on any atom is 0.225 e. The average molecular weight is 400 g/mol. The summed E-state index contributed by atoms with van der Waals surface area (Å²) in [6, 6.07) is 6.94. The summed E-state index contributed by atoms with van der Waals surface area (Å²) in [5.74, 6) is 0.0750. The first kappa shape index (κ1) is 19.6. The van der Waals surface area contributed by atoms with E-state index in [1.807, 2.05) is 4.90 Å². The minimum absolute atomic E-state index is 0.0510. The van der Waals surface area contributed by atoms with Crippen LogP contribution in [0.5, 0.6) is 0 Å². The summed E-state index contributed by atoms with van der Waals surface area (Å²) in [4.78, 5) is 16.8. The Bertz CT molecular complexity index is 740. The molecule has 6 nitrogen and oxygen atoms in total. The number of halogens is 1. The molecule has 1 amide bonds. The molecule has 1 aromatic carbocycles. The molecule has 2 aliphatic heterocycles. The van der Waals surface area contributed by atoms with E-state index < -0.39 is 10.0 Å². The van der Waals surface area contributed by atoms with E-state index in [1.165, 1.54) is 4.31 Å². The Morgan fingerprint density at radius 3 is 2.38 bits per heavy atom. The van der Waals surface area contributed by atoms with Crippen molar-refractivity contribution in [3.8, 4) is 0 Å². The van der Waals surface area contributed by atoms with Crippen molar-refractivity contribution in [1.82, 2.24) is 14.1 Å². The fraction of sp³-hybridized carbons (Fsp3) is 0.611. The first-order valence-electron chi connectivity index (χ1n) is 9.05. The van der Waals surface area contributed by atoms with Crippen LogP contribution in [0, 0.1) is 5.92 Å². The monoisotopic (exact) mass is 399 g/mol. The van der Waals surface area contributed by atoms with Gasteiger partial charge in [-0.3, -0.25) is 4.79 Å². The number of rotatable bonds is 4. The van der Waals surface area contributed by atoms with Crippen LogP contribution in [0.3, 0.4) is 0 Å². The minimum Gasteiger partial charge on any atom is -0.340 e. The van der Waals surface area contributed by atoms with Crippen molar-refractivity contribution in [3.05, 3.63) is 34.9 Å². The van der Waals surface area contributed by atoms with E-state index in [4.69, 9.17) is 11.6 Å². The van der Waals surface area contributed by atoms with Gasteiger partial charge in [-0.05, 0) is 37.6 Å². The summed E-state index contributed by atoms with van der Waals surface area (Å²) in [5.41, 5.74) is 0.688. The van der Waals surface area contributed by atoms with Gasteiger partial charge in [-0.25, -0.2) is 12.7 Å². The van der Waals surface area contributed by atoms with Gasteiger partial charge in [0.15, 0.2) is 0 Å². The minimum atomic E-state index is -3.39. The van der Waals surface area contributed by atoms with Gasteiger partial charge in [0.2, 0.25) is 15.9 Å². The maximum absolute atomic E-state index is 12.7. The van der Waals surface area contributed by atoms with Crippen LogP contribution in [-0.2, 0) is 20.6 Å². The van der Waals surface area contributed by atoms with Crippen molar-refractivity contribution < 1.29 is 13.2 Å². The molecule has 2 aliphatic rings. The van der Waals surface area contributed by atoms with Gasteiger partial charge in [0.05, 0.1) is 5.75 Å². The summed E-state index contributed by atoms with van der Waals surface area (Å²) in [5, 5.41) is 0.536. The third-order valence-corrected chi connectivity index (χ3v) is 7.33. The SMILES string of the molecule is CN1CCN(C(=O)C2CCN(S(=O)(=O)Cc3cccc(Cl)c3)CC2)CC1. The third-order valence-electron chi connectivity index (χ3n) is 5.25. The number of hydrogen-bond acceptors (Lipinski definition) is 4. The Kier molecular flexibility index (Phi) is 6.22. The fourth-order valence-corrected chi connectivity index (χ4v) is 5.36. The summed E-state index contributed by atoms with van der Waals surface area (Å²) < 4.78 is 26.8. The highest BCUT2D eigenvalue weighted by atomic mass is 35.5. The van der Waals surface area contributed by atoms with E-state index in [-0.39, 0.29) is 17.6 Å². The number of nitrogens with zero attached hydrogens (tertiary/aromatic N) is 3. The molecule has 0 radical (unpaired) electrons. The van der Waals surface area contributed by atoms with Crippen LogP contribution >= 0.6 is 11.6 Å². The molecule has 0 aliphatic carbocycles. The molecule has 0 saturated carbocycles. The number of likely N-dealkylation sites (N-methyl/N-ethyl adjacent to an activating group) is 1. The summed E-state index contributed by atoms with van der Waals surface area (Å²) in [7, 11) is -1.33. The number of carbonyl (C=O) groups excluding carboxylic acids is 1. The van der Waals surface area contributed by atoms with Crippen LogP contribution in [0.1, 0.15) is 18.4 Å². The molecule has 0 unspecified atom stereocenters. The number of sulfonamides is 1. The molecular weight excluding hydrogens is 374 g/mol. The largest absolute Gasteiger partial charge is 0.340 e. The third kappa shape index (κ3) is 4.76. The molecule has 2 heterocycles. The smallest absolute Gasteiger partial charge is 0.225 e. The zero-order chi connectivity index (χ0) is 18.7. The van der Waals surface area contributed by atoms with Gasteiger partial charge in [0.1, 0.15) is 0 Å². The first-order chi connectivity index (χ1) is 12.3. The van der Waals surface area contributed by atoms with Crippen molar-refractivity contribution in [2.45, 2.75) is 18.6 Å².